The van der Waals surface area contributed by atoms with Crippen LogP contribution in [-0.4, -0.2) is 15.0 Å². The Bertz CT molecular complexity index is 2740. The molecule has 0 amide bonds. The molecule has 0 N–H and O–H groups in total. The molecule has 2 saturated carbocycles. The topological polar surface area (TPSA) is 75.6 Å². The Morgan fingerprint density at radius 1 is 0.554 bits per heavy atom. The molecule has 2 aliphatic rings. The van der Waals surface area contributed by atoms with E-state index >= 15 is 0 Å². The monoisotopic (exact) mass is 726 g/mol. The van der Waals surface area contributed by atoms with Crippen molar-refractivity contribution in [2.24, 2.45) is 17.8 Å². The molecule has 2 fully saturated rings. The number of hydrogen-bond donors (Lipinski definition) is 0. The van der Waals surface area contributed by atoms with E-state index in [2.05, 4.69) is 123 Å². The fourth-order valence-electron chi connectivity index (χ4n) is 10.2. The highest BCUT2D eigenvalue weighted by atomic mass is 16.3. The quantitative estimate of drug-likeness (QED) is 0.170. The number of hydrogen-bond acceptors (Lipinski definition) is 5. The zero-order chi connectivity index (χ0) is 37.8. The van der Waals surface area contributed by atoms with Crippen LogP contribution >= 0.6 is 0 Å². The van der Waals surface area contributed by atoms with Crippen LogP contribution in [0.5, 0.6) is 0 Å². The van der Waals surface area contributed by atoms with E-state index in [1.807, 2.05) is 36.4 Å². The standard InChI is InChI=1S/C51H42N4O/c1-32-26-34-27-33(2)29-51(28-32,30-34)42-23-20-40(21-24-42)50-54-48(38-16-12-36(13-17-38)35-8-4-3-5-9-35)53-49(55-50)39-18-14-37(15-19-39)43-25-22-41(31-52)47-46(43)44-10-6-7-11-45(44)56-47/h3-25,32-34H,26-30H2,1-2H3/t32-,33+,34?,51?. The van der Waals surface area contributed by atoms with Gasteiger partial charge in [-0.2, -0.15) is 5.26 Å². The Morgan fingerprint density at radius 2 is 1.07 bits per heavy atom. The summed E-state index contributed by atoms with van der Waals surface area (Å²) in [5, 5.41) is 11.8. The van der Waals surface area contributed by atoms with Crippen molar-refractivity contribution in [3.8, 4) is 62.5 Å². The van der Waals surface area contributed by atoms with Gasteiger partial charge in [-0.15, -0.1) is 0 Å². The van der Waals surface area contributed by atoms with Gasteiger partial charge < -0.3 is 4.42 Å². The van der Waals surface area contributed by atoms with Crippen LogP contribution in [0.1, 0.15) is 57.1 Å². The summed E-state index contributed by atoms with van der Waals surface area (Å²) in [5.41, 5.74) is 10.8. The number of benzene rings is 6. The van der Waals surface area contributed by atoms with Crippen LogP contribution < -0.4 is 0 Å². The second-order valence-electron chi connectivity index (χ2n) is 16.4. The molecule has 5 heteroatoms. The van der Waals surface area contributed by atoms with Crippen molar-refractivity contribution in [1.29, 1.82) is 5.26 Å². The molecule has 2 heterocycles. The van der Waals surface area contributed by atoms with E-state index in [0.717, 1.165) is 67.5 Å². The number of nitriles is 1. The van der Waals surface area contributed by atoms with E-state index in [9.17, 15) is 5.26 Å². The van der Waals surface area contributed by atoms with Crippen molar-refractivity contribution in [2.45, 2.75) is 51.4 Å². The molecule has 0 saturated heterocycles. The SMILES string of the molecule is C[C@@H]1CC2C[C@H](C)CC(c3ccc(-c4nc(-c5ccc(-c6ccccc6)cc5)nc(-c5ccc(-c6ccc(C#N)c7oc8ccccc8c67)cc5)n4)cc3)(C2)C1. The van der Waals surface area contributed by atoms with E-state index in [0.29, 0.717) is 28.6 Å². The second-order valence-corrected chi connectivity index (χ2v) is 16.4. The lowest BCUT2D eigenvalue weighted by molar-refractivity contribution is 0.0780. The fraction of sp³-hybridized carbons (Fsp3) is 0.216. The Kier molecular flexibility index (Phi) is 8.37. The predicted molar refractivity (Wildman–Crippen MR) is 226 cm³/mol. The molecule has 6 aromatic carbocycles. The van der Waals surface area contributed by atoms with Gasteiger partial charge in [0.15, 0.2) is 23.1 Å². The summed E-state index contributed by atoms with van der Waals surface area (Å²) in [6, 6.07) is 50.6. The number of nitrogens with zero attached hydrogens (tertiary/aromatic N) is 4. The maximum Gasteiger partial charge on any atom is 0.164 e. The summed E-state index contributed by atoms with van der Waals surface area (Å²) in [5.74, 6) is 4.27. The third-order valence-electron chi connectivity index (χ3n) is 12.4. The Balaban J connectivity index is 1.05. The summed E-state index contributed by atoms with van der Waals surface area (Å²) in [4.78, 5) is 15.3. The normalized spacial score (nSPS) is 20.6. The first-order valence-electron chi connectivity index (χ1n) is 19.9. The smallest absolute Gasteiger partial charge is 0.164 e. The molecule has 2 unspecified atom stereocenters. The van der Waals surface area contributed by atoms with Crippen molar-refractivity contribution < 1.29 is 4.42 Å². The summed E-state index contributed by atoms with van der Waals surface area (Å²) >= 11 is 0. The van der Waals surface area contributed by atoms with E-state index in [1.54, 1.807) is 0 Å². The number of furan rings is 1. The molecule has 0 radical (unpaired) electrons. The van der Waals surface area contributed by atoms with Crippen LogP contribution in [0, 0.1) is 29.1 Å². The third kappa shape index (κ3) is 6.07. The highest BCUT2D eigenvalue weighted by Crippen LogP contribution is 2.54. The zero-order valence-electron chi connectivity index (χ0n) is 31.7. The molecule has 5 nitrogen and oxygen atoms in total. The van der Waals surface area contributed by atoms with Gasteiger partial charge >= 0.3 is 0 Å². The molecule has 4 atom stereocenters. The van der Waals surface area contributed by atoms with Crippen LogP contribution in [-0.2, 0) is 5.41 Å². The van der Waals surface area contributed by atoms with Gasteiger partial charge in [0.2, 0.25) is 0 Å². The van der Waals surface area contributed by atoms with Crippen LogP contribution in [0.3, 0.4) is 0 Å². The molecule has 2 aromatic heterocycles. The number of para-hydroxylation sites is 1. The lowest BCUT2D eigenvalue weighted by Gasteiger charge is -2.50. The van der Waals surface area contributed by atoms with Crippen molar-refractivity contribution in [3.63, 3.8) is 0 Å². The average molecular weight is 727 g/mol. The number of fused-ring (bicyclic) bond motifs is 5. The van der Waals surface area contributed by atoms with Crippen molar-refractivity contribution in [3.05, 3.63) is 151 Å². The zero-order valence-corrected chi connectivity index (χ0v) is 31.7. The lowest BCUT2D eigenvalue weighted by Crippen LogP contribution is -2.42. The van der Waals surface area contributed by atoms with Gasteiger partial charge in [0.25, 0.3) is 0 Å². The minimum atomic E-state index is 0.263. The maximum absolute atomic E-state index is 9.86. The Labute approximate surface area is 327 Å². The number of rotatable bonds is 6. The Morgan fingerprint density at radius 3 is 1.68 bits per heavy atom. The molecule has 2 bridgehead atoms. The molecule has 56 heavy (non-hydrogen) atoms. The van der Waals surface area contributed by atoms with E-state index in [1.165, 1.54) is 43.2 Å². The third-order valence-corrected chi connectivity index (χ3v) is 12.4. The molecule has 0 spiro atoms. The summed E-state index contributed by atoms with van der Waals surface area (Å²) in [6.07, 6.45) is 6.58. The highest BCUT2D eigenvalue weighted by molar-refractivity contribution is 6.13. The summed E-state index contributed by atoms with van der Waals surface area (Å²) in [6.45, 7) is 4.89. The van der Waals surface area contributed by atoms with Gasteiger partial charge in [0.05, 0.1) is 5.56 Å². The Hall–Kier alpha value is -6.38. The van der Waals surface area contributed by atoms with Crippen molar-refractivity contribution >= 4 is 21.9 Å². The van der Waals surface area contributed by atoms with Crippen LogP contribution in [0.2, 0.25) is 0 Å². The van der Waals surface area contributed by atoms with E-state index in [4.69, 9.17) is 19.4 Å². The second kappa shape index (κ2) is 13.7. The van der Waals surface area contributed by atoms with Crippen LogP contribution in [0.25, 0.3) is 78.4 Å². The molecular formula is C51H42N4O. The van der Waals surface area contributed by atoms with E-state index in [-0.39, 0.29) is 5.41 Å². The average Bonchev–Trinajstić information content (AvgIpc) is 3.63. The highest BCUT2D eigenvalue weighted by Gasteiger charge is 2.45. The van der Waals surface area contributed by atoms with Gasteiger partial charge in [-0.1, -0.05) is 141 Å². The molecule has 10 rings (SSSR count). The van der Waals surface area contributed by atoms with Crippen molar-refractivity contribution in [2.75, 3.05) is 0 Å². The van der Waals surface area contributed by atoms with Gasteiger partial charge in [-0.25, -0.2) is 15.0 Å². The fourth-order valence-corrected chi connectivity index (χ4v) is 10.2. The first kappa shape index (κ1) is 34.1. The van der Waals surface area contributed by atoms with Crippen LogP contribution in [0.15, 0.2) is 144 Å². The maximum atomic E-state index is 9.86. The summed E-state index contributed by atoms with van der Waals surface area (Å²) in [7, 11) is 0. The van der Waals surface area contributed by atoms with Gasteiger partial charge in [0.1, 0.15) is 11.7 Å². The van der Waals surface area contributed by atoms with Gasteiger partial charge in [-0.3, -0.25) is 0 Å². The first-order chi connectivity index (χ1) is 27.4. The largest absolute Gasteiger partial charge is 0.455 e. The molecular weight excluding hydrogens is 685 g/mol. The molecule has 8 aromatic rings. The van der Waals surface area contributed by atoms with Gasteiger partial charge in [-0.05, 0) is 95.2 Å². The number of aromatic nitrogens is 3. The van der Waals surface area contributed by atoms with Crippen molar-refractivity contribution in [1.82, 2.24) is 15.0 Å². The molecule has 0 aliphatic heterocycles. The minimum Gasteiger partial charge on any atom is -0.455 e. The lowest BCUT2D eigenvalue weighted by atomic mass is 9.54. The van der Waals surface area contributed by atoms with E-state index < -0.39 is 0 Å². The molecule has 2 aliphatic carbocycles. The van der Waals surface area contributed by atoms with Gasteiger partial charge in [0, 0.05) is 27.5 Å². The predicted octanol–water partition coefficient (Wildman–Crippen LogP) is 13.1. The minimum absolute atomic E-state index is 0.263. The van der Waals surface area contributed by atoms with Crippen LogP contribution in [0.4, 0.5) is 0 Å². The summed E-state index contributed by atoms with van der Waals surface area (Å²) < 4.78 is 6.19. The first-order valence-corrected chi connectivity index (χ1v) is 19.9. The molecule has 272 valence electrons.